The third-order valence-electron chi connectivity index (χ3n) is 9.99. The number of fused-ring (bicyclic) bond motifs is 2. The second kappa shape index (κ2) is 5.81. The van der Waals surface area contributed by atoms with Crippen molar-refractivity contribution in [1.82, 2.24) is 0 Å². The van der Waals surface area contributed by atoms with Gasteiger partial charge in [-0.1, -0.05) is 38.9 Å². The van der Waals surface area contributed by atoms with E-state index in [1.807, 2.05) is 6.08 Å². The van der Waals surface area contributed by atoms with Crippen LogP contribution in [-0.2, 0) is 18.8 Å². The molecule has 2 spiro atoms. The van der Waals surface area contributed by atoms with Gasteiger partial charge in [0.2, 0.25) is 6.10 Å². The molecule has 0 aromatic heterocycles. The van der Waals surface area contributed by atoms with Crippen molar-refractivity contribution in [2.45, 2.75) is 101 Å². The van der Waals surface area contributed by atoms with Gasteiger partial charge in [0.05, 0.1) is 23.3 Å². The molecule has 1 saturated carbocycles. The Morgan fingerprint density at radius 2 is 2.00 bits per heavy atom. The summed E-state index contributed by atoms with van der Waals surface area (Å²) in [5, 5.41) is 4.70. The summed E-state index contributed by atoms with van der Waals surface area (Å²) in [4.78, 5) is 18.1. The molecular formula is C25H35NO4Si. The minimum Gasteiger partial charge on any atom is -0.413 e. The highest BCUT2D eigenvalue weighted by molar-refractivity contribution is 6.74. The highest BCUT2D eigenvalue weighted by atomic mass is 28.4. The monoisotopic (exact) mass is 441 g/mol. The van der Waals surface area contributed by atoms with Gasteiger partial charge >= 0.3 is 0 Å². The molecule has 6 rings (SSSR count). The molecule has 0 unspecified atom stereocenters. The second-order valence-corrected chi connectivity index (χ2v) is 17.2. The van der Waals surface area contributed by atoms with Crippen molar-refractivity contribution < 1.29 is 18.8 Å². The largest absolute Gasteiger partial charge is 0.413 e. The van der Waals surface area contributed by atoms with Crippen LogP contribution < -0.4 is 0 Å². The van der Waals surface area contributed by atoms with Gasteiger partial charge in [-0.3, -0.25) is 4.79 Å². The average molecular weight is 442 g/mol. The molecule has 0 aromatic rings. The van der Waals surface area contributed by atoms with Gasteiger partial charge in [-0.15, -0.1) is 0 Å². The lowest BCUT2D eigenvalue weighted by atomic mass is 9.59. The van der Waals surface area contributed by atoms with E-state index in [-0.39, 0.29) is 33.9 Å². The third-order valence-corrected chi connectivity index (χ3v) is 14.5. The molecule has 0 radical (unpaired) electrons. The Labute approximate surface area is 186 Å². The smallest absolute Gasteiger partial charge is 0.200 e. The van der Waals surface area contributed by atoms with Crippen molar-refractivity contribution in [2.75, 3.05) is 0 Å². The first-order valence-electron chi connectivity index (χ1n) is 12.0. The van der Waals surface area contributed by atoms with Crippen LogP contribution >= 0.6 is 0 Å². The van der Waals surface area contributed by atoms with E-state index in [4.69, 9.17) is 14.0 Å². The number of carbonyl (C=O) groups is 1. The molecule has 5 nitrogen and oxygen atoms in total. The maximum absolute atomic E-state index is 12.5. The van der Waals surface area contributed by atoms with E-state index in [1.165, 1.54) is 5.57 Å². The van der Waals surface area contributed by atoms with Crippen molar-refractivity contribution in [3.05, 3.63) is 23.8 Å². The summed E-state index contributed by atoms with van der Waals surface area (Å²) in [6.07, 6.45) is 10.9. The molecule has 3 heterocycles. The number of carbonyl (C=O) groups excluding carboxylic acids is 1. The summed E-state index contributed by atoms with van der Waals surface area (Å²) in [6, 6.07) is 0. The van der Waals surface area contributed by atoms with Crippen LogP contribution in [0, 0.1) is 17.3 Å². The number of rotatable bonds is 2. The number of hydrogen-bond acceptors (Lipinski definition) is 5. The quantitative estimate of drug-likeness (QED) is 0.570. The molecule has 0 N–H and O–H groups in total. The van der Waals surface area contributed by atoms with Crippen LogP contribution in [0.4, 0.5) is 0 Å². The minimum absolute atomic E-state index is 0.0160. The highest BCUT2D eigenvalue weighted by Crippen LogP contribution is 2.68. The van der Waals surface area contributed by atoms with E-state index >= 15 is 0 Å². The lowest BCUT2D eigenvalue weighted by Crippen LogP contribution is -2.62. The Balaban J connectivity index is 1.40. The van der Waals surface area contributed by atoms with Crippen molar-refractivity contribution >= 4 is 19.8 Å². The average Bonchev–Trinajstić information content (AvgIpc) is 3.34. The molecule has 6 aliphatic rings. The summed E-state index contributed by atoms with van der Waals surface area (Å²) in [7, 11) is -1.87. The number of oxime groups is 1. The number of hydrogen-bond donors (Lipinski definition) is 0. The SMILES string of the molecule is CC(C)(C)[Si](C)(C)O[C@H]1CC[C@@H]2[C@]1(C)CC=C1C3=NO[C@H]4C(=O)C=C[C@]5(CC[C@@]12O5)[C@H]34. The molecule has 3 aliphatic heterocycles. The van der Waals surface area contributed by atoms with Crippen molar-refractivity contribution in [3.63, 3.8) is 0 Å². The number of ketones is 1. The van der Waals surface area contributed by atoms with Gasteiger partial charge in [0.25, 0.3) is 0 Å². The van der Waals surface area contributed by atoms with Crippen molar-refractivity contribution in [1.29, 1.82) is 0 Å². The zero-order valence-electron chi connectivity index (χ0n) is 19.7. The highest BCUT2D eigenvalue weighted by Gasteiger charge is 2.73. The maximum atomic E-state index is 12.5. The predicted molar refractivity (Wildman–Crippen MR) is 121 cm³/mol. The van der Waals surface area contributed by atoms with E-state index in [9.17, 15) is 4.79 Å². The van der Waals surface area contributed by atoms with Crippen LogP contribution in [0.1, 0.15) is 59.8 Å². The fraction of sp³-hybridized carbons (Fsp3) is 0.760. The molecule has 2 bridgehead atoms. The van der Waals surface area contributed by atoms with Crippen molar-refractivity contribution in [2.24, 2.45) is 22.4 Å². The van der Waals surface area contributed by atoms with Crippen molar-refractivity contribution in [3.8, 4) is 0 Å². The standard InChI is InChI=1S/C25H35NO4Si/c1-22(2,3)31(5,6)29-18-8-7-17-23(18,4)11-9-15-20-19-21(28-26-20)16(27)10-12-24(19)13-14-25(15,17)30-24/h9-10,12,17-19,21H,7-8,11,13-14H2,1-6H3/t17-,18+,19-,21+,23+,24+,25-/m1/s1. The number of allylic oxidation sites excluding steroid dienone is 1. The lowest BCUT2D eigenvalue weighted by molar-refractivity contribution is -0.160. The fourth-order valence-corrected chi connectivity index (χ4v) is 8.73. The van der Waals surface area contributed by atoms with E-state index in [2.05, 4.69) is 52.0 Å². The van der Waals surface area contributed by atoms with Crippen LogP contribution in [-0.4, -0.2) is 43.2 Å². The molecule has 31 heavy (non-hydrogen) atoms. The Hall–Kier alpha value is -1.24. The van der Waals surface area contributed by atoms with E-state index < -0.39 is 20.0 Å². The van der Waals surface area contributed by atoms with Gasteiger partial charge < -0.3 is 14.0 Å². The lowest BCUT2D eigenvalue weighted by Gasteiger charge is -2.55. The predicted octanol–water partition coefficient (Wildman–Crippen LogP) is 4.93. The molecule has 3 aliphatic carbocycles. The Kier molecular flexibility index (Phi) is 3.82. The summed E-state index contributed by atoms with van der Waals surface area (Å²) < 4.78 is 14.2. The normalized spacial score (nSPS) is 47.4. The number of ether oxygens (including phenoxy) is 1. The molecular weight excluding hydrogens is 406 g/mol. The minimum atomic E-state index is -1.87. The summed E-state index contributed by atoms with van der Waals surface area (Å²) in [5.74, 6) is 0.335. The fourth-order valence-electron chi connectivity index (χ4n) is 7.28. The summed E-state index contributed by atoms with van der Waals surface area (Å²) in [6.45, 7) is 14.1. The van der Waals surface area contributed by atoms with Gasteiger partial charge in [-0.25, -0.2) is 0 Å². The first-order chi connectivity index (χ1) is 14.4. The molecule has 6 heteroatoms. The first-order valence-corrected chi connectivity index (χ1v) is 14.9. The van der Waals surface area contributed by atoms with Gasteiger partial charge in [0.15, 0.2) is 14.1 Å². The number of nitrogens with zero attached hydrogens (tertiary/aromatic N) is 1. The zero-order valence-corrected chi connectivity index (χ0v) is 20.7. The zero-order chi connectivity index (χ0) is 22.0. The van der Waals surface area contributed by atoms with Gasteiger partial charge in [0.1, 0.15) is 5.60 Å². The van der Waals surface area contributed by atoms with E-state index in [0.717, 1.165) is 37.8 Å². The van der Waals surface area contributed by atoms with Gasteiger partial charge in [0, 0.05) is 16.9 Å². The van der Waals surface area contributed by atoms with Crippen LogP contribution in [0.5, 0.6) is 0 Å². The third kappa shape index (κ3) is 2.34. The van der Waals surface area contributed by atoms with Gasteiger partial charge in [-0.05, 0) is 62.4 Å². The summed E-state index contributed by atoms with van der Waals surface area (Å²) >= 11 is 0. The van der Waals surface area contributed by atoms with Crippen LogP contribution in [0.15, 0.2) is 29.0 Å². The van der Waals surface area contributed by atoms with E-state index in [1.54, 1.807) is 6.08 Å². The Bertz CT molecular complexity index is 961. The topological polar surface area (TPSA) is 57.1 Å². The molecule has 7 atom stereocenters. The maximum Gasteiger partial charge on any atom is 0.200 e. The molecule has 0 aromatic carbocycles. The summed E-state index contributed by atoms with van der Waals surface area (Å²) in [5.41, 5.74) is 1.50. The van der Waals surface area contributed by atoms with E-state index in [0.29, 0.717) is 5.92 Å². The van der Waals surface area contributed by atoms with Crippen LogP contribution in [0.25, 0.3) is 0 Å². The molecule has 168 valence electrons. The Morgan fingerprint density at radius 1 is 1.23 bits per heavy atom. The van der Waals surface area contributed by atoms with Gasteiger partial charge in [-0.2, -0.15) is 0 Å². The second-order valence-electron chi connectivity index (χ2n) is 12.5. The first kappa shape index (κ1) is 20.4. The molecule has 0 amide bonds. The van der Waals surface area contributed by atoms with Crippen LogP contribution in [0.2, 0.25) is 18.1 Å². The molecule has 3 fully saturated rings. The Morgan fingerprint density at radius 3 is 2.74 bits per heavy atom. The molecule has 2 saturated heterocycles. The van der Waals surface area contributed by atoms with Crippen LogP contribution in [0.3, 0.4) is 0 Å².